The van der Waals surface area contributed by atoms with Crippen LogP contribution in [-0.2, 0) is 5.41 Å². The van der Waals surface area contributed by atoms with Crippen LogP contribution < -0.4 is 4.90 Å². The van der Waals surface area contributed by atoms with Crippen LogP contribution in [0.1, 0.15) is 22.3 Å². The molecule has 3 nitrogen and oxygen atoms in total. The zero-order valence-corrected chi connectivity index (χ0v) is 30.2. The van der Waals surface area contributed by atoms with Crippen molar-refractivity contribution in [3.05, 3.63) is 210 Å². The Morgan fingerprint density at radius 2 is 0.875 bits per heavy atom. The maximum Gasteiger partial charge on any atom is 0.163 e. The van der Waals surface area contributed by atoms with E-state index < -0.39 is 5.41 Å². The first-order valence-corrected chi connectivity index (χ1v) is 19.3. The minimum absolute atomic E-state index is 0.469. The van der Waals surface area contributed by atoms with E-state index in [9.17, 15) is 0 Å². The van der Waals surface area contributed by atoms with Crippen LogP contribution in [0.15, 0.2) is 197 Å². The molecule has 0 N–H and O–H groups in total. The Labute approximate surface area is 322 Å². The van der Waals surface area contributed by atoms with E-state index in [0.717, 1.165) is 60.9 Å². The molecule has 0 amide bonds. The van der Waals surface area contributed by atoms with Crippen molar-refractivity contribution in [3.63, 3.8) is 0 Å². The minimum Gasteiger partial charge on any atom is -0.455 e. The first-order valence-electron chi connectivity index (χ1n) is 19.3. The third kappa shape index (κ3) is 3.76. The monoisotopic (exact) mass is 713 g/mol. The van der Waals surface area contributed by atoms with Gasteiger partial charge in [-0.1, -0.05) is 146 Å². The van der Waals surface area contributed by atoms with E-state index in [2.05, 4.69) is 181 Å². The molecular formula is C53H31NO2. The van der Waals surface area contributed by atoms with Gasteiger partial charge in [0.25, 0.3) is 0 Å². The fraction of sp³-hybridized carbons (Fsp3) is 0.0189. The number of hydrogen-bond donors (Lipinski definition) is 0. The number of rotatable bonds is 3. The Bertz CT molecular complexity index is 3390. The third-order valence-corrected chi connectivity index (χ3v) is 12.4. The number of benzene rings is 9. The van der Waals surface area contributed by atoms with Crippen LogP contribution in [-0.4, -0.2) is 0 Å². The van der Waals surface area contributed by atoms with Gasteiger partial charge in [-0.3, -0.25) is 0 Å². The second-order valence-electron chi connectivity index (χ2n) is 15.2. The van der Waals surface area contributed by atoms with Crippen LogP contribution in [0.2, 0.25) is 0 Å². The quantitative estimate of drug-likeness (QED) is 0.183. The van der Waals surface area contributed by atoms with E-state index in [0.29, 0.717) is 0 Å². The summed E-state index contributed by atoms with van der Waals surface area (Å²) < 4.78 is 13.6. The highest BCUT2D eigenvalue weighted by molar-refractivity contribution is 6.25. The topological polar surface area (TPSA) is 29.5 Å². The summed E-state index contributed by atoms with van der Waals surface area (Å²) in [4.78, 5) is 2.40. The predicted molar refractivity (Wildman–Crippen MR) is 229 cm³/mol. The van der Waals surface area contributed by atoms with Crippen molar-refractivity contribution >= 4 is 71.7 Å². The molecule has 0 fully saturated rings. The summed E-state index contributed by atoms with van der Waals surface area (Å²) in [5.41, 5.74) is 16.3. The molecule has 0 bridgehead atoms. The molecule has 0 saturated heterocycles. The van der Waals surface area contributed by atoms with Gasteiger partial charge in [-0.05, 0) is 97.7 Å². The van der Waals surface area contributed by atoms with E-state index in [4.69, 9.17) is 8.83 Å². The summed E-state index contributed by atoms with van der Waals surface area (Å²) >= 11 is 0. The second kappa shape index (κ2) is 10.9. The molecule has 0 saturated carbocycles. The maximum atomic E-state index is 6.93. The Morgan fingerprint density at radius 1 is 0.357 bits per heavy atom. The molecule has 13 rings (SSSR count). The van der Waals surface area contributed by atoms with E-state index in [-0.39, 0.29) is 0 Å². The first-order chi connectivity index (χ1) is 27.8. The highest BCUT2D eigenvalue weighted by Crippen LogP contribution is 2.63. The van der Waals surface area contributed by atoms with E-state index >= 15 is 0 Å². The first kappa shape index (κ1) is 30.0. The molecule has 1 spiro atoms. The van der Waals surface area contributed by atoms with Gasteiger partial charge in [-0.2, -0.15) is 0 Å². The minimum atomic E-state index is -0.469. The van der Waals surface area contributed by atoms with E-state index in [1.54, 1.807) is 0 Å². The van der Waals surface area contributed by atoms with Gasteiger partial charge >= 0.3 is 0 Å². The van der Waals surface area contributed by atoms with Gasteiger partial charge in [-0.15, -0.1) is 0 Å². The maximum absolute atomic E-state index is 6.93. The summed E-state index contributed by atoms with van der Waals surface area (Å²) in [6.07, 6.45) is 0. The summed E-state index contributed by atoms with van der Waals surface area (Å²) in [6, 6.07) is 68.4. The molecule has 0 aliphatic heterocycles. The smallest absolute Gasteiger partial charge is 0.163 e. The van der Waals surface area contributed by atoms with Crippen LogP contribution in [0.4, 0.5) is 17.1 Å². The van der Waals surface area contributed by atoms with Crippen LogP contribution >= 0.6 is 0 Å². The number of hydrogen-bond acceptors (Lipinski definition) is 3. The van der Waals surface area contributed by atoms with Gasteiger partial charge in [0, 0.05) is 27.5 Å². The van der Waals surface area contributed by atoms with Gasteiger partial charge in [0.05, 0.1) is 16.5 Å². The van der Waals surface area contributed by atoms with Gasteiger partial charge in [-0.25, -0.2) is 0 Å². The fourth-order valence-corrected chi connectivity index (χ4v) is 10.2. The van der Waals surface area contributed by atoms with Crippen molar-refractivity contribution in [1.82, 2.24) is 0 Å². The second-order valence-corrected chi connectivity index (χ2v) is 15.2. The lowest BCUT2D eigenvalue weighted by atomic mass is 9.70. The fourth-order valence-electron chi connectivity index (χ4n) is 10.2. The Morgan fingerprint density at radius 3 is 1.59 bits per heavy atom. The molecule has 2 heterocycles. The normalized spacial score (nSPS) is 13.5. The summed E-state index contributed by atoms with van der Waals surface area (Å²) in [5.74, 6) is 0. The largest absolute Gasteiger partial charge is 0.455 e. The average molecular weight is 714 g/mol. The standard InChI is InChI=1S/C53H31NO2/c1-2-14-33-29-34(26-25-32(33)13-1)54(47-31-42-40-18-6-11-23-48(40)55-51(42)50-41-19-7-12-24-49(41)56-52(47)50)35-27-28-39-38-17-5-10-22-45(38)53(46(39)30-35)43-20-8-3-15-36(43)37-16-4-9-21-44(37)53/h1-31H. The molecule has 0 radical (unpaired) electrons. The molecule has 260 valence electrons. The van der Waals surface area contributed by atoms with Crippen LogP contribution in [0.25, 0.3) is 76.9 Å². The molecule has 11 aromatic rings. The lowest BCUT2D eigenvalue weighted by Crippen LogP contribution is -2.26. The van der Waals surface area contributed by atoms with Crippen molar-refractivity contribution in [2.24, 2.45) is 0 Å². The number of fused-ring (bicyclic) bond motifs is 18. The van der Waals surface area contributed by atoms with Crippen LogP contribution in [0.5, 0.6) is 0 Å². The van der Waals surface area contributed by atoms with E-state index in [1.165, 1.54) is 55.3 Å². The van der Waals surface area contributed by atoms with Gasteiger partial charge in [0.2, 0.25) is 0 Å². The zero-order chi connectivity index (χ0) is 36.5. The molecule has 2 aliphatic rings. The zero-order valence-electron chi connectivity index (χ0n) is 30.2. The van der Waals surface area contributed by atoms with Crippen molar-refractivity contribution in [1.29, 1.82) is 0 Å². The summed E-state index contributed by atoms with van der Waals surface area (Å²) in [7, 11) is 0. The van der Waals surface area contributed by atoms with Crippen LogP contribution in [0, 0.1) is 0 Å². The Balaban J connectivity index is 1.16. The van der Waals surface area contributed by atoms with Crippen molar-refractivity contribution < 1.29 is 8.83 Å². The number of nitrogens with zero attached hydrogens (tertiary/aromatic N) is 1. The average Bonchev–Trinajstić information content (AvgIpc) is 3.99. The lowest BCUT2D eigenvalue weighted by Gasteiger charge is -2.32. The van der Waals surface area contributed by atoms with E-state index in [1.807, 2.05) is 12.1 Å². The number of anilines is 3. The molecule has 9 aromatic carbocycles. The SMILES string of the molecule is c1ccc2c(c1)-c1ccccc1C21c2ccccc2-c2ccc(N(c3ccc4ccccc4c3)c3cc4c5ccccc5oc4c4c3oc3ccccc34)cc21. The molecule has 2 aliphatic carbocycles. The third-order valence-electron chi connectivity index (χ3n) is 12.4. The van der Waals surface area contributed by atoms with Gasteiger partial charge < -0.3 is 13.7 Å². The molecule has 2 aromatic heterocycles. The summed E-state index contributed by atoms with van der Waals surface area (Å²) in [5, 5.41) is 6.53. The highest BCUT2D eigenvalue weighted by Gasteiger charge is 2.51. The van der Waals surface area contributed by atoms with Crippen molar-refractivity contribution in [2.45, 2.75) is 5.41 Å². The van der Waals surface area contributed by atoms with Gasteiger partial charge in [0.15, 0.2) is 5.58 Å². The molecule has 56 heavy (non-hydrogen) atoms. The lowest BCUT2D eigenvalue weighted by molar-refractivity contribution is 0.663. The molecule has 0 unspecified atom stereocenters. The number of para-hydroxylation sites is 2. The Kier molecular flexibility index (Phi) is 5.83. The van der Waals surface area contributed by atoms with Gasteiger partial charge in [0.1, 0.15) is 16.7 Å². The van der Waals surface area contributed by atoms with Crippen LogP contribution in [0.3, 0.4) is 0 Å². The summed E-state index contributed by atoms with van der Waals surface area (Å²) in [6.45, 7) is 0. The highest BCUT2D eigenvalue weighted by atomic mass is 16.3. The molecule has 0 atom stereocenters. The molecular weight excluding hydrogens is 683 g/mol. The molecule has 3 heteroatoms. The van der Waals surface area contributed by atoms with Crippen molar-refractivity contribution in [3.8, 4) is 22.3 Å². The number of furan rings is 2. The predicted octanol–water partition coefficient (Wildman–Crippen LogP) is 14.5. The Hall–Kier alpha value is -7.36. The van der Waals surface area contributed by atoms with Crippen molar-refractivity contribution in [2.75, 3.05) is 4.90 Å².